The van der Waals surface area contributed by atoms with Crippen LogP contribution in [-0.4, -0.2) is 23.6 Å². The summed E-state index contributed by atoms with van der Waals surface area (Å²) in [5.41, 5.74) is 13.2. The lowest BCUT2D eigenvalue weighted by Crippen LogP contribution is -2.38. The number of hydrogen-bond acceptors (Lipinski definition) is 2. The van der Waals surface area contributed by atoms with E-state index in [1.807, 2.05) is 6.92 Å². The van der Waals surface area contributed by atoms with Crippen LogP contribution in [0.2, 0.25) is 0 Å². The number of hydrogen-bond donors (Lipinski definition) is 3. The first-order chi connectivity index (χ1) is 9.93. The molecule has 0 bridgehead atoms. The minimum absolute atomic E-state index is 0.0850. The highest BCUT2D eigenvalue weighted by molar-refractivity contribution is 5.75. The average molecular weight is 289 g/mol. The van der Waals surface area contributed by atoms with Gasteiger partial charge in [0.2, 0.25) is 0 Å². The highest BCUT2D eigenvalue weighted by atomic mass is 16.4. The van der Waals surface area contributed by atoms with Gasteiger partial charge in [-0.2, -0.15) is 0 Å². The fourth-order valence-electron chi connectivity index (χ4n) is 3.11. The van der Waals surface area contributed by atoms with E-state index >= 15 is 0 Å². The molecular formula is C16H23N3O2. The van der Waals surface area contributed by atoms with Crippen molar-refractivity contribution in [3.8, 4) is 0 Å². The van der Waals surface area contributed by atoms with E-state index in [0.717, 1.165) is 12.8 Å². The van der Waals surface area contributed by atoms with Gasteiger partial charge in [-0.1, -0.05) is 29.8 Å². The van der Waals surface area contributed by atoms with E-state index in [2.05, 4.69) is 29.3 Å². The van der Waals surface area contributed by atoms with Crippen LogP contribution in [0.4, 0.5) is 0 Å². The van der Waals surface area contributed by atoms with Crippen molar-refractivity contribution in [2.75, 3.05) is 6.54 Å². The molecule has 1 fully saturated rings. The summed E-state index contributed by atoms with van der Waals surface area (Å²) in [7, 11) is 0. The van der Waals surface area contributed by atoms with Crippen molar-refractivity contribution in [3.05, 3.63) is 35.4 Å². The summed E-state index contributed by atoms with van der Waals surface area (Å²) in [5.74, 6) is -0.862. The molecule has 0 aromatic heterocycles. The van der Waals surface area contributed by atoms with Crippen LogP contribution in [0.1, 0.15) is 36.8 Å². The Morgan fingerprint density at radius 2 is 1.86 bits per heavy atom. The number of benzene rings is 1. The molecule has 0 spiro atoms. The second-order valence-corrected chi connectivity index (χ2v) is 6.00. The van der Waals surface area contributed by atoms with Crippen LogP contribution in [0.5, 0.6) is 0 Å². The highest BCUT2D eigenvalue weighted by Crippen LogP contribution is 2.42. The molecule has 0 radical (unpaired) electrons. The smallest absolute Gasteiger partial charge is 0.306 e. The minimum atomic E-state index is -0.700. The lowest BCUT2D eigenvalue weighted by atomic mass is 9.66. The normalized spacial score (nSPS) is 25.3. The van der Waals surface area contributed by atoms with E-state index in [1.54, 1.807) is 0 Å². The number of aryl methyl sites for hydroxylation is 1. The van der Waals surface area contributed by atoms with Crippen molar-refractivity contribution >= 4 is 11.9 Å². The summed E-state index contributed by atoms with van der Waals surface area (Å²) >= 11 is 0. The molecule has 1 aromatic carbocycles. The van der Waals surface area contributed by atoms with Crippen LogP contribution in [0, 0.1) is 12.8 Å². The third-order valence-corrected chi connectivity index (χ3v) is 4.52. The van der Waals surface area contributed by atoms with Gasteiger partial charge in [0.25, 0.3) is 0 Å². The maximum absolute atomic E-state index is 11.1. The van der Waals surface area contributed by atoms with Gasteiger partial charge >= 0.3 is 5.97 Å². The molecule has 114 valence electrons. The van der Waals surface area contributed by atoms with Crippen LogP contribution in [0.15, 0.2) is 29.3 Å². The van der Waals surface area contributed by atoms with Crippen LogP contribution < -0.4 is 11.5 Å². The second-order valence-electron chi connectivity index (χ2n) is 6.00. The topological polar surface area (TPSA) is 102 Å². The minimum Gasteiger partial charge on any atom is -0.481 e. The predicted octanol–water partition coefficient (Wildman–Crippen LogP) is 1.78. The molecule has 0 atom stereocenters. The van der Waals surface area contributed by atoms with E-state index in [4.69, 9.17) is 16.6 Å². The number of nitrogens with zero attached hydrogens (tertiary/aromatic N) is 1. The first-order valence-corrected chi connectivity index (χ1v) is 7.28. The van der Waals surface area contributed by atoms with Crippen LogP contribution in [0.3, 0.4) is 0 Å². The Hall–Kier alpha value is -2.04. The molecule has 2 rings (SSSR count). The van der Waals surface area contributed by atoms with Gasteiger partial charge in [-0.3, -0.25) is 9.79 Å². The molecule has 5 nitrogen and oxygen atoms in total. The molecule has 0 unspecified atom stereocenters. The van der Waals surface area contributed by atoms with Crippen molar-refractivity contribution in [2.24, 2.45) is 22.4 Å². The van der Waals surface area contributed by atoms with Crippen LogP contribution in [0.25, 0.3) is 0 Å². The largest absolute Gasteiger partial charge is 0.481 e. The molecule has 5 heteroatoms. The van der Waals surface area contributed by atoms with Crippen LogP contribution in [-0.2, 0) is 10.2 Å². The van der Waals surface area contributed by atoms with Gasteiger partial charge in [-0.05, 0) is 38.2 Å². The Morgan fingerprint density at radius 3 is 2.33 bits per heavy atom. The molecule has 5 N–H and O–H groups in total. The molecule has 0 amide bonds. The summed E-state index contributed by atoms with van der Waals surface area (Å²) in [4.78, 5) is 15.4. The lowest BCUT2D eigenvalue weighted by Gasteiger charge is -2.38. The average Bonchev–Trinajstić information content (AvgIpc) is 2.46. The van der Waals surface area contributed by atoms with Gasteiger partial charge in [0.05, 0.1) is 12.5 Å². The Kier molecular flexibility index (Phi) is 4.50. The third-order valence-electron chi connectivity index (χ3n) is 4.52. The third kappa shape index (κ3) is 3.54. The number of aliphatic carboxylic acids is 1. The van der Waals surface area contributed by atoms with Crippen LogP contribution >= 0.6 is 0 Å². The fourth-order valence-corrected chi connectivity index (χ4v) is 3.11. The van der Waals surface area contributed by atoms with Gasteiger partial charge in [0.1, 0.15) is 0 Å². The first kappa shape index (κ1) is 15.4. The Labute approximate surface area is 125 Å². The maximum Gasteiger partial charge on any atom is 0.306 e. The van der Waals surface area contributed by atoms with Crippen molar-refractivity contribution < 1.29 is 9.90 Å². The number of carboxylic acids is 1. The Bertz CT molecular complexity index is 525. The molecule has 1 aromatic rings. The predicted molar refractivity (Wildman–Crippen MR) is 83.1 cm³/mol. The number of nitrogens with two attached hydrogens (primary N) is 2. The summed E-state index contributed by atoms with van der Waals surface area (Å²) in [5, 5.41) is 9.17. The zero-order chi connectivity index (χ0) is 15.5. The Balaban J connectivity index is 2.26. The molecule has 21 heavy (non-hydrogen) atoms. The number of guanidine groups is 1. The molecular weight excluding hydrogens is 266 g/mol. The maximum atomic E-state index is 11.1. The fraction of sp³-hybridized carbons (Fsp3) is 0.500. The molecule has 1 aliphatic carbocycles. The lowest BCUT2D eigenvalue weighted by molar-refractivity contribution is -0.143. The van der Waals surface area contributed by atoms with Crippen molar-refractivity contribution in [1.82, 2.24) is 0 Å². The van der Waals surface area contributed by atoms with Gasteiger partial charge < -0.3 is 16.6 Å². The zero-order valence-electron chi connectivity index (χ0n) is 12.4. The Morgan fingerprint density at radius 1 is 1.29 bits per heavy atom. The van der Waals surface area contributed by atoms with Crippen molar-refractivity contribution in [1.29, 1.82) is 0 Å². The van der Waals surface area contributed by atoms with E-state index in [9.17, 15) is 4.79 Å². The first-order valence-electron chi connectivity index (χ1n) is 7.28. The van der Waals surface area contributed by atoms with E-state index in [0.29, 0.717) is 19.4 Å². The standard InChI is InChI=1S/C16H23N3O2/c1-11-2-4-13(5-3-11)16(10-19-15(17)18)8-6-12(7-9-16)14(20)21/h2-5,12H,6-10H2,1H3,(H,20,21)(H4,17,18,19). The number of carboxylic acid groups (broad SMARTS) is 1. The number of carbonyl (C=O) groups is 1. The van der Waals surface area contributed by atoms with Crippen molar-refractivity contribution in [3.63, 3.8) is 0 Å². The van der Waals surface area contributed by atoms with Gasteiger partial charge in [-0.15, -0.1) is 0 Å². The monoisotopic (exact) mass is 289 g/mol. The highest BCUT2D eigenvalue weighted by Gasteiger charge is 2.38. The molecule has 1 saturated carbocycles. The van der Waals surface area contributed by atoms with Crippen molar-refractivity contribution in [2.45, 2.75) is 38.0 Å². The quantitative estimate of drug-likeness (QED) is 0.581. The molecule has 0 saturated heterocycles. The summed E-state index contributed by atoms with van der Waals surface area (Å²) in [6, 6.07) is 8.38. The van der Waals surface area contributed by atoms with E-state index in [-0.39, 0.29) is 17.3 Å². The molecule has 1 aliphatic rings. The van der Waals surface area contributed by atoms with E-state index < -0.39 is 5.97 Å². The summed E-state index contributed by atoms with van der Waals surface area (Å²) in [6.07, 6.45) is 2.93. The zero-order valence-corrected chi connectivity index (χ0v) is 12.4. The number of rotatable bonds is 4. The second kappa shape index (κ2) is 6.16. The SMILES string of the molecule is Cc1ccc(C2(CN=C(N)N)CCC(C(=O)O)CC2)cc1. The van der Waals surface area contributed by atoms with Gasteiger partial charge in [-0.25, -0.2) is 0 Å². The van der Waals surface area contributed by atoms with Gasteiger partial charge in [0, 0.05) is 5.41 Å². The summed E-state index contributed by atoms with van der Waals surface area (Å²) in [6.45, 7) is 2.57. The van der Waals surface area contributed by atoms with E-state index in [1.165, 1.54) is 11.1 Å². The number of aliphatic imine (C=N–C) groups is 1. The summed E-state index contributed by atoms with van der Waals surface area (Å²) < 4.78 is 0. The van der Waals surface area contributed by atoms with Gasteiger partial charge in [0.15, 0.2) is 5.96 Å². The molecule has 0 heterocycles. The molecule has 0 aliphatic heterocycles.